The second-order valence-electron chi connectivity index (χ2n) is 7.10. The summed E-state index contributed by atoms with van der Waals surface area (Å²) in [6.07, 6.45) is 2.93. The van der Waals surface area contributed by atoms with Gasteiger partial charge in [0.2, 0.25) is 0 Å². The number of piperidine rings is 2. The highest BCUT2D eigenvalue weighted by Gasteiger charge is 2.45. The van der Waals surface area contributed by atoms with Gasteiger partial charge in [-0.1, -0.05) is 23.7 Å². The first kappa shape index (κ1) is 13.6. The van der Waals surface area contributed by atoms with Crippen molar-refractivity contribution in [3.63, 3.8) is 0 Å². The number of likely N-dealkylation sites (tertiary alicyclic amines) is 2. The van der Waals surface area contributed by atoms with Gasteiger partial charge in [0.15, 0.2) is 0 Å². The second kappa shape index (κ2) is 6.01. The Hall–Kier alpha value is -1.00. The van der Waals surface area contributed by atoms with Gasteiger partial charge in [0, 0.05) is 26.2 Å². The number of ether oxygens (including phenoxy) is 1. The van der Waals surface area contributed by atoms with Gasteiger partial charge in [-0.15, -0.1) is 0 Å². The lowest BCUT2D eigenvalue weighted by Gasteiger charge is -2.12. The average molecular weight is 284 g/mol. The first-order valence-electron chi connectivity index (χ1n) is 8.32. The first-order valence-corrected chi connectivity index (χ1v) is 8.32. The quantitative estimate of drug-likeness (QED) is 0.564. The minimum absolute atomic E-state index is 0.517. The molecule has 2 aliphatic heterocycles. The maximum Gasteiger partial charge on any atom is 0.109 e. The molecule has 2 heterocycles. The van der Waals surface area contributed by atoms with E-state index in [4.69, 9.17) is 4.74 Å². The maximum atomic E-state index is 5.44. The van der Waals surface area contributed by atoms with E-state index in [1.807, 2.05) is 0 Å². The highest BCUT2D eigenvalue weighted by molar-refractivity contribution is 5.07. The van der Waals surface area contributed by atoms with Crippen molar-refractivity contribution in [1.29, 1.82) is 0 Å². The molecule has 3 heteroatoms. The molecule has 4 unspecified atom stereocenters. The summed E-state index contributed by atoms with van der Waals surface area (Å²) in [5.74, 6) is 16.6. The molecule has 2 saturated heterocycles. The first-order chi connectivity index (χ1) is 10.4. The van der Waals surface area contributed by atoms with Crippen molar-refractivity contribution in [3.8, 4) is 23.7 Å². The Morgan fingerprint density at radius 2 is 1.10 bits per heavy atom. The van der Waals surface area contributed by atoms with Gasteiger partial charge in [0.05, 0.1) is 13.1 Å². The average Bonchev–Trinajstić information content (AvgIpc) is 3.32. The Labute approximate surface area is 128 Å². The fourth-order valence-corrected chi connectivity index (χ4v) is 3.84. The van der Waals surface area contributed by atoms with Crippen molar-refractivity contribution in [2.75, 3.05) is 52.5 Å². The van der Waals surface area contributed by atoms with Gasteiger partial charge < -0.3 is 4.74 Å². The van der Waals surface area contributed by atoms with Crippen molar-refractivity contribution >= 4 is 0 Å². The number of hydrogen-bond donors (Lipinski definition) is 0. The van der Waals surface area contributed by atoms with Gasteiger partial charge in [0.25, 0.3) is 0 Å². The molecule has 0 bridgehead atoms. The van der Waals surface area contributed by atoms with Gasteiger partial charge >= 0.3 is 0 Å². The van der Waals surface area contributed by atoms with E-state index >= 15 is 0 Å². The largest absolute Gasteiger partial charge is 0.356 e. The zero-order chi connectivity index (χ0) is 14.1. The van der Waals surface area contributed by atoms with Crippen LogP contribution in [0.2, 0.25) is 0 Å². The number of hydrogen-bond acceptors (Lipinski definition) is 3. The van der Waals surface area contributed by atoms with E-state index in [2.05, 4.69) is 33.5 Å². The van der Waals surface area contributed by atoms with Crippen LogP contribution >= 0.6 is 0 Å². The van der Waals surface area contributed by atoms with E-state index in [9.17, 15) is 0 Å². The molecule has 0 spiro atoms. The van der Waals surface area contributed by atoms with E-state index in [0.29, 0.717) is 13.2 Å². The smallest absolute Gasteiger partial charge is 0.109 e. The molecule has 2 saturated carbocycles. The van der Waals surface area contributed by atoms with Crippen molar-refractivity contribution < 1.29 is 4.74 Å². The van der Waals surface area contributed by atoms with E-state index in [1.165, 1.54) is 39.0 Å². The van der Waals surface area contributed by atoms with Gasteiger partial charge in [-0.25, -0.2) is 0 Å². The van der Waals surface area contributed by atoms with E-state index < -0.39 is 0 Å². The van der Waals surface area contributed by atoms with Gasteiger partial charge in [-0.05, 0) is 36.5 Å². The van der Waals surface area contributed by atoms with Gasteiger partial charge in [0.1, 0.15) is 13.2 Å². The topological polar surface area (TPSA) is 15.7 Å². The summed E-state index contributed by atoms with van der Waals surface area (Å²) in [4.78, 5) is 4.93. The molecule has 4 aliphatic rings. The van der Waals surface area contributed by atoms with Crippen molar-refractivity contribution in [2.45, 2.75) is 12.8 Å². The highest BCUT2D eigenvalue weighted by Crippen LogP contribution is 2.45. The molecule has 4 atom stereocenters. The Morgan fingerprint density at radius 3 is 1.52 bits per heavy atom. The van der Waals surface area contributed by atoms with E-state index in [-0.39, 0.29) is 0 Å². The van der Waals surface area contributed by atoms with Gasteiger partial charge in [-0.3, -0.25) is 9.80 Å². The summed E-state index contributed by atoms with van der Waals surface area (Å²) in [5, 5.41) is 0. The highest BCUT2D eigenvalue weighted by atomic mass is 16.5. The summed E-state index contributed by atoms with van der Waals surface area (Å²) in [6, 6.07) is 0. The SMILES string of the molecule is C(#CCN1CC2CC2C1)COCC#CCN1CC2CC2C1. The maximum absolute atomic E-state index is 5.44. The summed E-state index contributed by atoms with van der Waals surface area (Å²) in [5.41, 5.74) is 0. The monoisotopic (exact) mass is 284 g/mol. The van der Waals surface area contributed by atoms with Crippen LogP contribution in [0, 0.1) is 47.4 Å². The molecule has 4 fully saturated rings. The molecule has 0 amide bonds. The third-order valence-corrected chi connectivity index (χ3v) is 5.31. The zero-order valence-corrected chi connectivity index (χ0v) is 12.7. The lowest BCUT2D eigenvalue weighted by molar-refractivity contribution is 0.204. The molecule has 21 heavy (non-hydrogen) atoms. The minimum atomic E-state index is 0.517. The number of rotatable bonds is 4. The molecule has 0 aromatic rings. The lowest BCUT2D eigenvalue weighted by Crippen LogP contribution is -2.22. The molecular weight excluding hydrogens is 260 g/mol. The van der Waals surface area contributed by atoms with Crippen LogP contribution in [-0.2, 0) is 4.74 Å². The van der Waals surface area contributed by atoms with Crippen LogP contribution in [0.5, 0.6) is 0 Å². The van der Waals surface area contributed by atoms with E-state index in [1.54, 1.807) is 0 Å². The summed E-state index contributed by atoms with van der Waals surface area (Å²) in [7, 11) is 0. The van der Waals surface area contributed by atoms with Crippen LogP contribution in [0.25, 0.3) is 0 Å². The van der Waals surface area contributed by atoms with Crippen LogP contribution in [0.4, 0.5) is 0 Å². The second-order valence-corrected chi connectivity index (χ2v) is 7.10. The molecule has 112 valence electrons. The summed E-state index contributed by atoms with van der Waals surface area (Å²) < 4.78 is 5.44. The lowest BCUT2D eigenvalue weighted by atomic mass is 10.4. The van der Waals surface area contributed by atoms with Crippen LogP contribution in [0.1, 0.15) is 12.8 Å². The molecule has 0 radical (unpaired) electrons. The third kappa shape index (κ3) is 3.61. The Morgan fingerprint density at radius 1 is 0.667 bits per heavy atom. The normalized spacial score (nSPS) is 36.2. The predicted octanol–water partition coefficient (Wildman–Crippen LogP) is 0.913. The predicted molar refractivity (Wildman–Crippen MR) is 82.4 cm³/mol. The molecule has 2 aliphatic carbocycles. The summed E-state index contributed by atoms with van der Waals surface area (Å²) in [6.45, 7) is 7.94. The number of nitrogens with zero attached hydrogens (tertiary/aromatic N) is 2. The van der Waals surface area contributed by atoms with Crippen molar-refractivity contribution in [1.82, 2.24) is 9.80 Å². The van der Waals surface area contributed by atoms with E-state index in [0.717, 1.165) is 36.8 Å². The fourth-order valence-electron chi connectivity index (χ4n) is 3.84. The van der Waals surface area contributed by atoms with Crippen molar-refractivity contribution in [2.24, 2.45) is 23.7 Å². The molecular formula is C18H24N2O. The Kier molecular flexibility index (Phi) is 3.91. The molecule has 3 nitrogen and oxygen atoms in total. The number of fused-ring (bicyclic) bond motifs is 2. The fraction of sp³-hybridized carbons (Fsp3) is 0.778. The third-order valence-electron chi connectivity index (χ3n) is 5.31. The van der Waals surface area contributed by atoms with Crippen LogP contribution in [0.3, 0.4) is 0 Å². The van der Waals surface area contributed by atoms with Crippen molar-refractivity contribution in [3.05, 3.63) is 0 Å². The van der Waals surface area contributed by atoms with Crippen LogP contribution in [-0.4, -0.2) is 62.3 Å². The molecule has 0 N–H and O–H groups in total. The standard InChI is InChI=1S/C18H24N2O/c1(5-19-11-15-9-16(15)12-19)3-7-21-8-4-2-6-20-13-17-10-18(17)14-20/h15-18H,5-14H2. The minimum Gasteiger partial charge on any atom is -0.356 e. The molecule has 0 aromatic heterocycles. The van der Waals surface area contributed by atoms with Crippen LogP contribution < -0.4 is 0 Å². The molecule has 4 rings (SSSR count). The van der Waals surface area contributed by atoms with Gasteiger partial charge in [-0.2, -0.15) is 0 Å². The Bertz CT molecular complexity index is 443. The van der Waals surface area contributed by atoms with Crippen LogP contribution in [0.15, 0.2) is 0 Å². The molecule has 0 aromatic carbocycles. The summed E-state index contributed by atoms with van der Waals surface area (Å²) >= 11 is 0. The Balaban J connectivity index is 1.03. The zero-order valence-electron chi connectivity index (χ0n) is 12.7.